The lowest BCUT2D eigenvalue weighted by molar-refractivity contribution is -0.122. The van der Waals surface area contributed by atoms with Crippen LogP contribution in [0.3, 0.4) is 0 Å². The number of hydrogen-bond acceptors (Lipinski definition) is 2. The topological polar surface area (TPSA) is 46.9 Å². The largest absolute Gasteiger partial charge is 0.348 e. The zero-order valence-electron chi connectivity index (χ0n) is 11.6. The molecule has 0 bridgehead atoms. The molecule has 20 heavy (non-hydrogen) atoms. The van der Waals surface area contributed by atoms with Gasteiger partial charge in [0.2, 0.25) is 5.91 Å². The Morgan fingerprint density at radius 1 is 1.40 bits per heavy atom. The molecule has 0 spiro atoms. The molecule has 2 aromatic rings. The number of halogens is 1. The standard InChI is InChI=1S/C15H18BrN3O/c1-3-14(12-7-5-4-6-8-12)17-15(20)10-19-9-13(16)11(2)18-19/h4-9,14H,3,10H2,1-2H3,(H,17,20). The van der Waals surface area contributed by atoms with E-state index in [2.05, 4.69) is 33.3 Å². The van der Waals surface area contributed by atoms with E-state index in [0.29, 0.717) is 0 Å². The Hall–Kier alpha value is -1.62. The number of aryl methyl sites for hydroxylation is 1. The fraction of sp³-hybridized carbons (Fsp3) is 0.333. The van der Waals surface area contributed by atoms with Gasteiger partial charge in [-0.05, 0) is 34.8 Å². The van der Waals surface area contributed by atoms with Crippen molar-refractivity contribution in [3.63, 3.8) is 0 Å². The number of carbonyl (C=O) groups excluding carboxylic acids is 1. The summed E-state index contributed by atoms with van der Waals surface area (Å²) in [5, 5.41) is 7.31. The number of benzene rings is 1. The van der Waals surface area contributed by atoms with Crippen LogP contribution < -0.4 is 5.32 Å². The Morgan fingerprint density at radius 2 is 2.10 bits per heavy atom. The number of carbonyl (C=O) groups is 1. The molecule has 1 atom stereocenters. The lowest BCUT2D eigenvalue weighted by atomic mass is 10.0. The number of nitrogens with one attached hydrogen (secondary N) is 1. The fourth-order valence-corrected chi connectivity index (χ4v) is 2.38. The zero-order valence-corrected chi connectivity index (χ0v) is 13.2. The summed E-state index contributed by atoms with van der Waals surface area (Å²) in [6.07, 6.45) is 2.68. The van der Waals surface area contributed by atoms with Gasteiger partial charge in [0.25, 0.3) is 0 Å². The van der Waals surface area contributed by atoms with Gasteiger partial charge in [0, 0.05) is 6.20 Å². The minimum absolute atomic E-state index is 0.0318. The zero-order chi connectivity index (χ0) is 14.5. The van der Waals surface area contributed by atoms with Crippen molar-refractivity contribution in [3.8, 4) is 0 Å². The highest BCUT2D eigenvalue weighted by Crippen LogP contribution is 2.16. The molecular formula is C15H18BrN3O. The van der Waals surface area contributed by atoms with E-state index in [1.807, 2.05) is 43.5 Å². The van der Waals surface area contributed by atoms with E-state index in [4.69, 9.17) is 0 Å². The normalized spacial score (nSPS) is 12.2. The second-order valence-corrected chi connectivity index (χ2v) is 5.55. The highest BCUT2D eigenvalue weighted by molar-refractivity contribution is 9.10. The third kappa shape index (κ3) is 3.70. The molecular weight excluding hydrogens is 318 g/mol. The summed E-state index contributed by atoms with van der Waals surface area (Å²) in [6.45, 7) is 4.19. The SMILES string of the molecule is CCC(NC(=O)Cn1cc(Br)c(C)n1)c1ccccc1. The first kappa shape index (κ1) is 14.8. The van der Waals surface area contributed by atoms with Gasteiger partial charge in [-0.1, -0.05) is 37.3 Å². The number of rotatable bonds is 5. The summed E-state index contributed by atoms with van der Waals surface area (Å²) < 4.78 is 2.56. The molecule has 0 saturated heterocycles. The van der Waals surface area contributed by atoms with Gasteiger partial charge in [-0.25, -0.2) is 0 Å². The number of amides is 1. The van der Waals surface area contributed by atoms with Gasteiger partial charge in [0.15, 0.2) is 0 Å². The van der Waals surface area contributed by atoms with Crippen molar-refractivity contribution in [2.24, 2.45) is 0 Å². The maximum absolute atomic E-state index is 12.1. The van der Waals surface area contributed by atoms with E-state index < -0.39 is 0 Å². The van der Waals surface area contributed by atoms with Crippen molar-refractivity contribution in [1.82, 2.24) is 15.1 Å². The van der Waals surface area contributed by atoms with Gasteiger partial charge in [-0.15, -0.1) is 0 Å². The van der Waals surface area contributed by atoms with Crippen molar-refractivity contribution in [2.75, 3.05) is 0 Å². The molecule has 1 aromatic carbocycles. The first-order valence-corrected chi connectivity index (χ1v) is 7.43. The van der Waals surface area contributed by atoms with Gasteiger partial charge < -0.3 is 5.32 Å². The molecule has 1 unspecified atom stereocenters. The van der Waals surface area contributed by atoms with E-state index in [1.165, 1.54) is 0 Å². The minimum Gasteiger partial charge on any atom is -0.348 e. The van der Waals surface area contributed by atoms with E-state index >= 15 is 0 Å². The Morgan fingerprint density at radius 3 is 2.65 bits per heavy atom. The molecule has 1 aromatic heterocycles. The third-order valence-electron chi connectivity index (χ3n) is 3.14. The van der Waals surface area contributed by atoms with E-state index in [-0.39, 0.29) is 18.5 Å². The summed E-state index contributed by atoms with van der Waals surface area (Å²) in [4.78, 5) is 12.1. The van der Waals surface area contributed by atoms with Crippen LogP contribution in [-0.4, -0.2) is 15.7 Å². The lowest BCUT2D eigenvalue weighted by Crippen LogP contribution is -2.31. The van der Waals surface area contributed by atoms with Gasteiger partial charge in [-0.2, -0.15) is 5.10 Å². The van der Waals surface area contributed by atoms with Crippen molar-refractivity contribution < 1.29 is 4.79 Å². The molecule has 5 heteroatoms. The predicted octanol–water partition coefficient (Wildman–Crippen LogP) is 3.22. The Kier molecular flexibility index (Phi) is 4.95. The third-order valence-corrected chi connectivity index (χ3v) is 3.92. The summed E-state index contributed by atoms with van der Waals surface area (Å²) in [5.74, 6) is -0.0318. The molecule has 1 N–H and O–H groups in total. The van der Waals surface area contributed by atoms with Crippen molar-refractivity contribution in [3.05, 3.63) is 52.3 Å². The molecule has 0 fully saturated rings. The van der Waals surface area contributed by atoms with Crippen LogP contribution in [-0.2, 0) is 11.3 Å². The molecule has 0 radical (unpaired) electrons. The molecule has 0 aliphatic heterocycles. The molecule has 0 saturated carbocycles. The number of hydrogen-bond donors (Lipinski definition) is 1. The lowest BCUT2D eigenvalue weighted by Gasteiger charge is -2.17. The average molecular weight is 336 g/mol. The van der Waals surface area contributed by atoms with Gasteiger partial charge in [-0.3, -0.25) is 9.48 Å². The van der Waals surface area contributed by atoms with Gasteiger partial charge in [0.1, 0.15) is 6.54 Å². The second-order valence-electron chi connectivity index (χ2n) is 4.70. The molecule has 1 heterocycles. The Labute approximate surface area is 127 Å². The number of aromatic nitrogens is 2. The first-order chi connectivity index (χ1) is 9.60. The molecule has 106 valence electrons. The molecule has 2 rings (SSSR count). The molecule has 4 nitrogen and oxygen atoms in total. The van der Waals surface area contributed by atoms with Crippen LogP contribution in [0.4, 0.5) is 0 Å². The van der Waals surface area contributed by atoms with Crippen LogP contribution >= 0.6 is 15.9 Å². The van der Waals surface area contributed by atoms with Crippen LogP contribution in [0.5, 0.6) is 0 Å². The highest BCUT2D eigenvalue weighted by atomic mass is 79.9. The molecule has 0 aliphatic rings. The highest BCUT2D eigenvalue weighted by Gasteiger charge is 2.13. The van der Waals surface area contributed by atoms with Gasteiger partial charge in [0.05, 0.1) is 16.2 Å². The first-order valence-electron chi connectivity index (χ1n) is 6.64. The Bertz CT molecular complexity index is 561. The smallest absolute Gasteiger partial charge is 0.242 e. The monoisotopic (exact) mass is 335 g/mol. The van der Waals surface area contributed by atoms with E-state index in [1.54, 1.807) is 4.68 Å². The van der Waals surface area contributed by atoms with E-state index in [0.717, 1.165) is 22.2 Å². The van der Waals surface area contributed by atoms with Crippen LogP contribution in [0.2, 0.25) is 0 Å². The molecule has 0 aliphatic carbocycles. The van der Waals surface area contributed by atoms with Crippen LogP contribution in [0.15, 0.2) is 41.0 Å². The Balaban J connectivity index is 1.99. The summed E-state index contributed by atoms with van der Waals surface area (Å²) in [6, 6.07) is 10.0. The van der Waals surface area contributed by atoms with Crippen molar-refractivity contribution >= 4 is 21.8 Å². The predicted molar refractivity (Wildman–Crippen MR) is 82.3 cm³/mol. The quantitative estimate of drug-likeness (QED) is 0.911. The summed E-state index contributed by atoms with van der Waals surface area (Å²) in [7, 11) is 0. The van der Waals surface area contributed by atoms with Crippen LogP contribution in [0.1, 0.15) is 30.6 Å². The molecule has 1 amide bonds. The maximum Gasteiger partial charge on any atom is 0.242 e. The second kappa shape index (κ2) is 6.70. The fourth-order valence-electron chi connectivity index (χ4n) is 2.07. The average Bonchev–Trinajstić information content (AvgIpc) is 2.75. The summed E-state index contributed by atoms with van der Waals surface area (Å²) >= 11 is 3.39. The maximum atomic E-state index is 12.1. The van der Waals surface area contributed by atoms with Gasteiger partial charge >= 0.3 is 0 Å². The van der Waals surface area contributed by atoms with Crippen LogP contribution in [0, 0.1) is 6.92 Å². The minimum atomic E-state index is -0.0318. The number of nitrogens with zero attached hydrogens (tertiary/aromatic N) is 2. The summed E-state index contributed by atoms with van der Waals surface area (Å²) in [5.41, 5.74) is 2.01. The van der Waals surface area contributed by atoms with E-state index in [9.17, 15) is 4.79 Å². The van der Waals surface area contributed by atoms with Crippen molar-refractivity contribution in [1.29, 1.82) is 0 Å². The van der Waals surface area contributed by atoms with Crippen LogP contribution in [0.25, 0.3) is 0 Å². The van der Waals surface area contributed by atoms with Crippen molar-refractivity contribution in [2.45, 2.75) is 32.9 Å².